The van der Waals surface area contributed by atoms with E-state index in [2.05, 4.69) is 24.3 Å². The molecule has 2 aliphatic rings. The summed E-state index contributed by atoms with van der Waals surface area (Å²) < 4.78 is 46.0. The summed E-state index contributed by atoms with van der Waals surface area (Å²) in [5.41, 5.74) is 10.7. The van der Waals surface area contributed by atoms with E-state index in [4.69, 9.17) is 10.5 Å². The number of fused-ring (bicyclic) bond motifs is 3. The molecule has 5 rings (SSSR count). The maximum absolute atomic E-state index is 13.4. The summed E-state index contributed by atoms with van der Waals surface area (Å²) in [7, 11) is 0. The maximum Gasteiger partial charge on any atom is 1.00 e. The van der Waals surface area contributed by atoms with Crippen LogP contribution in [0, 0.1) is 6.92 Å². The molecule has 1 heterocycles. The van der Waals surface area contributed by atoms with E-state index in [9.17, 15) is 17.7 Å². The SMILES string of the molecule is Cc1c(CN2CCN(C(=O)OCC3c4ccccc4-c4ccccc43)CC2)cc(N)cc1[B-](F)(F)F.[K+]. The Morgan fingerprint density at radius 2 is 1.54 bits per heavy atom. The number of anilines is 1. The van der Waals surface area contributed by atoms with E-state index in [-0.39, 0.29) is 81.3 Å². The average molecular weight is 533 g/mol. The monoisotopic (exact) mass is 533 g/mol. The molecule has 1 fully saturated rings. The van der Waals surface area contributed by atoms with Crippen LogP contribution in [0.2, 0.25) is 0 Å². The Balaban J connectivity index is 0.00000320. The number of carbonyl (C=O) groups excluding carboxylic acids is 1. The first-order chi connectivity index (χ1) is 17.2. The van der Waals surface area contributed by atoms with Crippen LogP contribution in [-0.4, -0.2) is 55.7 Å². The minimum Gasteiger partial charge on any atom is -0.448 e. The van der Waals surface area contributed by atoms with Crippen molar-refractivity contribution < 1.29 is 73.9 Å². The van der Waals surface area contributed by atoms with E-state index >= 15 is 0 Å². The van der Waals surface area contributed by atoms with E-state index in [0.717, 1.165) is 17.2 Å². The van der Waals surface area contributed by atoms with Gasteiger partial charge in [-0.15, -0.1) is 5.46 Å². The first kappa shape index (κ1) is 28.2. The molecule has 0 radical (unpaired) electrons. The number of halogens is 3. The van der Waals surface area contributed by atoms with Crippen molar-refractivity contribution in [2.24, 2.45) is 0 Å². The second-order valence-electron chi connectivity index (χ2n) is 9.54. The number of rotatable bonds is 5. The minimum absolute atomic E-state index is 0. The van der Waals surface area contributed by atoms with Gasteiger partial charge in [0.05, 0.1) is 0 Å². The van der Waals surface area contributed by atoms with Gasteiger partial charge in [-0.05, 0) is 40.8 Å². The molecular formula is C27H28BF3KN3O2. The molecule has 0 bridgehead atoms. The molecule has 188 valence electrons. The van der Waals surface area contributed by atoms with Gasteiger partial charge < -0.3 is 28.3 Å². The van der Waals surface area contributed by atoms with Gasteiger partial charge in [-0.2, -0.15) is 0 Å². The van der Waals surface area contributed by atoms with Crippen molar-refractivity contribution in [1.29, 1.82) is 0 Å². The van der Waals surface area contributed by atoms with E-state index in [0.29, 0.717) is 38.3 Å². The Morgan fingerprint density at radius 3 is 2.11 bits per heavy atom. The maximum atomic E-state index is 13.4. The fourth-order valence-corrected chi connectivity index (χ4v) is 5.34. The molecule has 0 atom stereocenters. The number of hydrogen-bond donors (Lipinski definition) is 1. The molecule has 1 saturated heterocycles. The number of nitrogens with zero attached hydrogens (tertiary/aromatic N) is 2. The zero-order valence-corrected chi connectivity index (χ0v) is 24.2. The van der Waals surface area contributed by atoms with Gasteiger partial charge in [-0.3, -0.25) is 4.90 Å². The van der Waals surface area contributed by atoms with E-state index in [1.807, 2.05) is 29.2 Å². The molecule has 3 aromatic carbocycles. The van der Waals surface area contributed by atoms with Crippen LogP contribution in [0.4, 0.5) is 23.4 Å². The molecule has 3 aromatic rings. The Kier molecular flexibility index (Phi) is 8.77. The largest absolute Gasteiger partial charge is 1.00 e. The second-order valence-corrected chi connectivity index (χ2v) is 9.54. The summed E-state index contributed by atoms with van der Waals surface area (Å²) in [4.78, 5) is 16.6. The first-order valence-electron chi connectivity index (χ1n) is 12.1. The van der Waals surface area contributed by atoms with Crippen LogP contribution in [0.3, 0.4) is 0 Å². The Morgan fingerprint density at radius 1 is 0.973 bits per heavy atom. The standard InChI is InChI=1S/C27H28BF3N3O2.K/c1-18-19(14-20(32)15-26(18)28(29,30)31)16-33-10-12-34(13-11-33)27(35)36-17-25-23-8-4-2-6-21(23)22-7-3-5-9-24(22)25;/h2-9,14-15,25H,10-13,16-17,32H2,1H3;/q-1;+1. The number of nitrogen functional groups attached to an aromatic ring is 1. The molecule has 5 nitrogen and oxygen atoms in total. The summed E-state index contributed by atoms with van der Waals surface area (Å²) >= 11 is 0. The smallest absolute Gasteiger partial charge is 0.448 e. The number of ether oxygens (including phenoxy) is 1. The van der Waals surface area contributed by atoms with Gasteiger partial charge >= 0.3 is 64.5 Å². The zero-order valence-electron chi connectivity index (χ0n) is 21.1. The van der Waals surface area contributed by atoms with Gasteiger partial charge in [-0.25, -0.2) is 4.79 Å². The predicted molar refractivity (Wildman–Crippen MR) is 136 cm³/mol. The van der Waals surface area contributed by atoms with Crippen LogP contribution >= 0.6 is 0 Å². The third kappa shape index (κ3) is 5.94. The molecule has 0 aromatic heterocycles. The molecule has 0 saturated carbocycles. The van der Waals surface area contributed by atoms with Crippen LogP contribution in [0.25, 0.3) is 11.1 Å². The van der Waals surface area contributed by atoms with Gasteiger partial charge in [0.1, 0.15) is 6.61 Å². The summed E-state index contributed by atoms with van der Waals surface area (Å²) in [5, 5.41) is 0. The third-order valence-electron chi connectivity index (χ3n) is 7.29. The normalized spacial score (nSPS) is 15.6. The molecule has 1 aliphatic carbocycles. The number of amides is 1. The van der Waals surface area contributed by atoms with Crippen molar-refractivity contribution in [3.63, 3.8) is 0 Å². The van der Waals surface area contributed by atoms with E-state index in [1.54, 1.807) is 11.0 Å². The molecule has 0 unspecified atom stereocenters. The molecule has 1 aliphatic heterocycles. The van der Waals surface area contributed by atoms with Crippen molar-refractivity contribution in [3.05, 3.63) is 82.9 Å². The van der Waals surface area contributed by atoms with Crippen LogP contribution in [0.5, 0.6) is 0 Å². The number of hydrogen-bond acceptors (Lipinski definition) is 4. The molecule has 0 spiro atoms. The zero-order chi connectivity index (χ0) is 25.4. The van der Waals surface area contributed by atoms with Gasteiger partial charge in [0.15, 0.2) is 0 Å². The molecular weight excluding hydrogens is 505 g/mol. The van der Waals surface area contributed by atoms with Gasteiger partial charge in [-0.1, -0.05) is 60.2 Å². The minimum atomic E-state index is -5.13. The molecule has 37 heavy (non-hydrogen) atoms. The quantitative estimate of drug-likeness (QED) is 0.401. The van der Waals surface area contributed by atoms with Gasteiger partial charge in [0, 0.05) is 44.3 Å². The summed E-state index contributed by atoms with van der Waals surface area (Å²) in [6, 6.07) is 19.0. The number of benzene rings is 3. The van der Waals surface area contributed by atoms with Gasteiger partial charge in [0.2, 0.25) is 0 Å². The second kappa shape index (κ2) is 11.5. The van der Waals surface area contributed by atoms with Crippen LogP contribution in [-0.2, 0) is 11.3 Å². The van der Waals surface area contributed by atoms with E-state index in [1.165, 1.54) is 18.1 Å². The Bertz CT molecular complexity index is 1250. The first-order valence-corrected chi connectivity index (χ1v) is 12.1. The van der Waals surface area contributed by atoms with Crippen molar-refractivity contribution in [2.75, 3.05) is 38.5 Å². The Labute approximate surface area is 257 Å². The van der Waals surface area contributed by atoms with E-state index < -0.39 is 12.4 Å². The van der Waals surface area contributed by atoms with Crippen molar-refractivity contribution in [2.45, 2.75) is 19.4 Å². The van der Waals surface area contributed by atoms with Gasteiger partial charge in [0.25, 0.3) is 0 Å². The van der Waals surface area contributed by atoms with Crippen LogP contribution < -0.4 is 62.6 Å². The average Bonchev–Trinajstić information content (AvgIpc) is 3.18. The number of piperazine rings is 1. The summed E-state index contributed by atoms with van der Waals surface area (Å²) in [5.74, 6) is -0.00132. The summed E-state index contributed by atoms with van der Waals surface area (Å²) in [6.45, 7) is -1.02. The molecule has 10 heteroatoms. The topological polar surface area (TPSA) is 58.8 Å². The summed E-state index contributed by atoms with van der Waals surface area (Å²) in [6.07, 6.45) is -0.362. The fourth-order valence-electron chi connectivity index (χ4n) is 5.34. The van der Waals surface area contributed by atoms with Crippen molar-refractivity contribution in [1.82, 2.24) is 9.80 Å². The fraction of sp³-hybridized carbons (Fsp3) is 0.296. The van der Waals surface area contributed by atoms with Crippen LogP contribution in [0.15, 0.2) is 60.7 Å². The number of carbonyl (C=O) groups is 1. The molecule has 1 amide bonds. The van der Waals surface area contributed by atoms with Crippen LogP contribution in [0.1, 0.15) is 28.2 Å². The predicted octanol–water partition coefficient (Wildman–Crippen LogP) is 1.70. The number of nitrogens with two attached hydrogens (primary N) is 1. The third-order valence-corrected chi connectivity index (χ3v) is 7.29. The molecule has 2 N–H and O–H groups in total. The van der Waals surface area contributed by atoms with Crippen molar-refractivity contribution in [3.8, 4) is 11.1 Å². The Hall–Kier alpha value is -1.82. The van der Waals surface area contributed by atoms with Crippen molar-refractivity contribution >= 4 is 24.2 Å².